The van der Waals surface area contributed by atoms with Crippen molar-refractivity contribution in [2.75, 3.05) is 0 Å². The highest BCUT2D eigenvalue weighted by Gasteiger charge is 2.38. The first-order chi connectivity index (χ1) is 6.83. The Morgan fingerprint density at radius 2 is 1.71 bits per heavy atom. The lowest BCUT2D eigenvalue weighted by Gasteiger charge is -2.30. The second-order valence-electron chi connectivity index (χ2n) is 5.95. The molecular formula is C13H23N. The van der Waals surface area contributed by atoms with E-state index in [1.54, 1.807) is 0 Å². The number of rotatable bonds is 3. The topological polar surface area (TPSA) is 12.0 Å². The molecule has 4 atom stereocenters. The summed E-state index contributed by atoms with van der Waals surface area (Å²) in [4.78, 5) is 0. The molecule has 0 aromatic heterocycles. The molecule has 3 rings (SSSR count). The average molecular weight is 193 g/mol. The van der Waals surface area contributed by atoms with E-state index in [9.17, 15) is 0 Å². The third-order valence-corrected chi connectivity index (χ3v) is 4.56. The molecule has 1 N–H and O–H groups in total. The molecule has 1 nitrogen and oxygen atoms in total. The predicted octanol–water partition coefficient (Wildman–Crippen LogP) is 2.95. The fourth-order valence-electron chi connectivity index (χ4n) is 3.23. The summed E-state index contributed by atoms with van der Waals surface area (Å²) < 4.78 is 0. The summed E-state index contributed by atoms with van der Waals surface area (Å²) in [6.45, 7) is 2.37. The van der Waals surface area contributed by atoms with Gasteiger partial charge in [0.15, 0.2) is 0 Å². The van der Waals surface area contributed by atoms with Gasteiger partial charge in [-0.15, -0.1) is 0 Å². The van der Waals surface area contributed by atoms with E-state index < -0.39 is 0 Å². The van der Waals surface area contributed by atoms with Crippen LogP contribution < -0.4 is 5.32 Å². The van der Waals surface area contributed by atoms with Crippen LogP contribution in [0, 0.1) is 17.8 Å². The van der Waals surface area contributed by atoms with Gasteiger partial charge in [-0.2, -0.15) is 0 Å². The van der Waals surface area contributed by atoms with Gasteiger partial charge in [-0.3, -0.25) is 0 Å². The van der Waals surface area contributed by atoms with Gasteiger partial charge >= 0.3 is 0 Å². The van der Waals surface area contributed by atoms with E-state index in [0.717, 1.165) is 29.8 Å². The van der Waals surface area contributed by atoms with Crippen LogP contribution in [0.2, 0.25) is 0 Å². The molecule has 3 fully saturated rings. The smallest absolute Gasteiger partial charge is 0.00989 e. The van der Waals surface area contributed by atoms with Gasteiger partial charge in [-0.25, -0.2) is 0 Å². The minimum absolute atomic E-state index is 0.879. The fraction of sp³-hybridized carbons (Fsp3) is 1.00. The predicted molar refractivity (Wildman–Crippen MR) is 59.2 cm³/mol. The quantitative estimate of drug-likeness (QED) is 0.726. The largest absolute Gasteiger partial charge is 0.311 e. The van der Waals surface area contributed by atoms with Crippen LogP contribution in [-0.4, -0.2) is 12.1 Å². The van der Waals surface area contributed by atoms with E-state index in [1.165, 1.54) is 44.9 Å². The average Bonchev–Trinajstić information content (AvgIpc) is 3.04. The number of hydrogen-bond acceptors (Lipinski definition) is 1. The maximum Gasteiger partial charge on any atom is 0.00989 e. The number of nitrogens with one attached hydrogen (secondary N) is 1. The van der Waals surface area contributed by atoms with Gasteiger partial charge in [-0.1, -0.05) is 19.8 Å². The van der Waals surface area contributed by atoms with Crippen molar-refractivity contribution in [3.05, 3.63) is 0 Å². The molecule has 2 unspecified atom stereocenters. The van der Waals surface area contributed by atoms with Crippen molar-refractivity contribution in [2.24, 2.45) is 17.8 Å². The first kappa shape index (κ1) is 9.21. The molecular weight excluding hydrogens is 170 g/mol. The third-order valence-electron chi connectivity index (χ3n) is 4.56. The zero-order valence-corrected chi connectivity index (χ0v) is 9.34. The van der Waals surface area contributed by atoms with Crippen molar-refractivity contribution >= 4 is 0 Å². The SMILES string of the molecule is C[C@@H]1C[C@H]1NC1CCCC(C2CC2)C1. The molecule has 0 amide bonds. The van der Waals surface area contributed by atoms with Crippen LogP contribution in [0.5, 0.6) is 0 Å². The Kier molecular flexibility index (Phi) is 2.31. The number of hydrogen-bond donors (Lipinski definition) is 1. The fourth-order valence-corrected chi connectivity index (χ4v) is 3.23. The Bertz CT molecular complexity index is 209. The highest BCUT2D eigenvalue weighted by Crippen LogP contribution is 2.44. The van der Waals surface area contributed by atoms with Gasteiger partial charge in [0.25, 0.3) is 0 Å². The third kappa shape index (κ3) is 1.98. The van der Waals surface area contributed by atoms with Crippen LogP contribution in [0.1, 0.15) is 51.9 Å². The molecule has 0 saturated heterocycles. The van der Waals surface area contributed by atoms with Crippen molar-refractivity contribution in [2.45, 2.75) is 64.0 Å². The van der Waals surface area contributed by atoms with E-state index in [0.29, 0.717) is 0 Å². The lowest BCUT2D eigenvalue weighted by atomic mass is 9.82. The Morgan fingerprint density at radius 3 is 2.36 bits per heavy atom. The highest BCUT2D eigenvalue weighted by molar-refractivity contribution is 4.95. The van der Waals surface area contributed by atoms with E-state index in [1.807, 2.05) is 0 Å². The summed E-state index contributed by atoms with van der Waals surface area (Å²) >= 11 is 0. The van der Waals surface area contributed by atoms with Gasteiger partial charge in [0.2, 0.25) is 0 Å². The first-order valence-electron chi connectivity index (χ1n) is 6.59. The highest BCUT2D eigenvalue weighted by atomic mass is 15.0. The second kappa shape index (κ2) is 3.52. The van der Waals surface area contributed by atoms with Gasteiger partial charge in [0.05, 0.1) is 0 Å². The molecule has 1 heteroatoms. The van der Waals surface area contributed by atoms with Crippen molar-refractivity contribution in [3.63, 3.8) is 0 Å². The second-order valence-corrected chi connectivity index (χ2v) is 5.95. The van der Waals surface area contributed by atoms with E-state index in [2.05, 4.69) is 12.2 Å². The minimum Gasteiger partial charge on any atom is -0.311 e. The maximum absolute atomic E-state index is 3.86. The molecule has 0 aliphatic heterocycles. The van der Waals surface area contributed by atoms with E-state index >= 15 is 0 Å². The molecule has 0 radical (unpaired) electrons. The maximum atomic E-state index is 3.86. The summed E-state index contributed by atoms with van der Waals surface area (Å²) in [5.74, 6) is 3.20. The Hall–Kier alpha value is -0.0400. The molecule has 0 aromatic rings. The van der Waals surface area contributed by atoms with Gasteiger partial charge in [0, 0.05) is 12.1 Å². The summed E-state index contributed by atoms with van der Waals surface area (Å²) in [7, 11) is 0. The van der Waals surface area contributed by atoms with Crippen LogP contribution in [0.4, 0.5) is 0 Å². The molecule has 3 aliphatic rings. The van der Waals surface area contributed by atoms with Crippen molar-refractivity contribution < 1.29 is 0 Å². The Labute approximate surface area is 87.7 Å². The normalized spacial score (nSPS) is 47.8. The van der Waals surface area contributed by atoms with Crippen molar-refractivity contribution in [1.29, 1.82) is 0 Å². The molecule has 0 heterocycles. The van der Waals surface area contributed by atoms with Gasteiger partial charge < -0.3 is 5.32 Å². The zero-order chi connectivity index (χ0) is 9.54. The van der Waals surface area contributed by atoms with Gasteiger partial charge in [0.1, 0.15) is 0 Å². The Balaban J connectivity index is 1.48. The van der Waals surface area contributed by atoms with Crippen molar-refractivity contribution in [1.82, 2.24) is 5.32 Å². The molecule has 3 saturated carbocycles. The van der Waals surface area contributed by atoms with Crippen LogP contribution in [0.3, 0.4) is 0 Å². The molecule has 0 aromatic carbocycles. The molecule has 14 heavy (non-hydrogen) atoms. The standard InChI is InChI=1S/C13H23N/c1-9-7-13(9)14-12-4-2-3-11(8-12)10-5-6-10/h9-14H,2-8H2,1H3/t9-,11?,12?,13-/m1/s1. The summed E-state index contributed by atoms with van der Waals surface area (Å²) in [5.41, 5.74) is 0. The summed E-state index contributed by atoms with van der Waals surface area (Å²) in [5, 5.41) is 3.86. The van der Waals surface area contributed by atoms with Crippen LogP contribution >= 0.6 is 0 Å². The van der Waals surface area contributed by atoms with E-state index in [4.69, 9.17) is 0 Å². The lowest BCUT2D eigenvalue weighted by molar-refractivity contribution is 0.258. The Morgan fingerprint density at radius 1 is 0.929 bits per heavy atom. The molecule has 0 bridgehead atoms. The zero-order valence-electron chi connectivity index (χ0n) is 9.34. The summed E-state index contributed by atoms with van der Waals surface area (Å²) in [6.07, 6.45) is 10.5. The lowest BCUT2D eigenvalue weighted by Crippen LogP contribution is -2.36. The monoisotopic (exact) mass is 193 g/mol. The van der Waals surface area contributed by atoms with Crippen LogP contribution in [-0.2, 0) is 0 Å². The molecule has 3 aliphatic carbocycles. The first-order valence-corrected chi connectivity index (χ1v) is 6.59. The molecule has 80 valence electrons. The van der Waals surface area contributed by atoms with Crippen molar-refractivity contribution in [3.8, 4) is 0 Å². The van der Waals surface area contributed by atoms with Crippen LogP contribution in [0.25, 0.3) is 0 Å². The summed E-state index contributed by atoms with van der Waals surface area (Å²) in [6, 6.07) is 1.77. The molecule has 0 spiro atoms. The van der Waals surface area contributed by atoms with Gasteiger partial charge in [-0.05, 0) is 49.9 Å². The van der Waals surface area contributed by atoms with Crippen LogP contribution in [0.15, 0.2) is 0 Å². The minimum atomic E-state index is 0.879. The van der Waals surface area contributed by atoms with E-state index in [-0.39, 0.29) is 0 Å².